The van der Waals surface area contributed by atoms with Crippen molar-refractivity contribution in [1.82, 2.24) is 15.5 Å². The Morgan fingerprint density at radius 1 is 1.21 bits per heavy atom. The van der Waals surface area contributed by atoms with Gasteiger partial charge >= 0.3 is 0 Å². The summed E-state index contributed by atoms with van der Waals surface area (Å²) >= 11 is 0. The molecule has 2 heterocycles. The summed E-state index contributed by atoms with van der Waals surface area (Å²) in [5, 5.41) is 6.74. The molecule has 0 radical (unpaired) electrons. The van der Waals surface area contributed by atoms with E-state index in [9.17, 15) is 0 Å². The first kappa shape index (κ1) is 21.9. The molecule has 2 rings (SSSR count). The summed E-state index contributed by atoms with van der Waals surface area (Å²) in [7, 11) is 1.83. The second kappa shape index (κ2) is 14.1. The summed E-state index contributed by atoms with van der Waals surface area (Å²) in [5.41, 5.74) is 0. The van der Waals surface area contributed by atoms with Crippen molar-refractivity contribution < 1.29 is 9.47 Å². The van der Waals surface area contributed by atoms with Crippen LogP contribution in [-0.4, -0.2) is 77.1 Å². The number of guanidine groups is 1. The Hall–Kier alpha value is -0.120. The molecule has 1 atom stereocenters. The van der Waals surface area contributed by atoms with Crippen molar-refractivity contribution in [2.24, 2.45) is 10.9 Å². The number of nitrogens with zero attached hydrogens (tertiary/aromatic N) is 2. The Kier molecular flexibility index (Phi) is 12.9. The highest BCUT2D eigenvalue weighted by Crippen LogP contribution is 2.12. The highest BCUT2D eigenvalue weighted by molar-refractivity contribution is 14.0. The molecule has 0 aromatic heterocycles. The van der Waals surface area contributed by atoms with Crippen molar-refractivity contribution in [3.05, 3.63) is 0 Å². The highest BCUT2D eigenvalue weighted by Gasteiger charge is 2.15. The van der Waals surface area contributed by atoms with Crippen LogP contribution in [-0.2, 0) is 9.47 Å². The fourth-order valence-corrected chi connectivity index (χ4v) is 3.08. The second-order valence-electron chi connectivity index (χ2n) is 6.49. The fourth-order valence-electron chi connectivity index (χ4n) is 3.08. The fraction of sp³-hybridized carbons (Fsp3) is 0.941. The van der Waals surface area contributed by atoms with Gasteiger partial charge in [-0.05, 0) is 38.8 Å². The number of nitrogens with one attached hydrogen (secondary N) is 2. The van der Waals surface area contributed by atoms with Gasteiger partial charge in [-0.1, -0.05) is 6.42 Å². The van der Waals surface area contributed by atoms with E-state index < -0.39 is 0 Å². The Balaban J connectivity index is 0.00000288. The summed E-state index contributed by atoms with van der Waals surface area (Å²) in [6.45, 7) is 8.85. The van der Waals surface area contributed by atoms with Crippen LogP contribution in [0.5, 0.6) is 0 Å². The van der Waals surface area contributed by atoms with Crippen molar-refractivity contribution in [2.75, 3.05) is 66.2 Å². The van der Waals surface area contributed by atoms with Crippen molar-refractivity contribution in [2.45, 2.75) is 32.1 Å². The zero-order chi connectivity index (χ0) is 16.2. The number of likely N-dealkylation sites (tertiary alicyclic amines) is 1. The van der Waals surface area contributed by atoms with Crippen molar-refractivity contribution in [3.63, 3.8) is 0 Å². The molecule has 6 nitrogen and oxygen atoms in total. The van der Waals surface area contributed by atoms with Gasteiger partial charge in [0.25, 0.3) is 0 Å². The number of hydrogen-bond donors (Lipinski definition) is 2. The predicted octanol–water partition coefficient (Wildman–Crippen LogP) is 1.70. The molecule has 0 spiro atoms. The first-order chi connectivity index (χ1) is 11.4. The van der Waals surface area contributed by atoms with Gasteiger partial charge in [0, 0.05) is 45.8 Å². The summed E-state index contributed by atoms with van der Waals surface area (Å²) in [4.78, 5) is 6.80. The minimum Gasteiger partial charge on any atom is -0.381 e. The molecule has 2 fully saturated rings. The summed E-state index contributed by atoms with van der Waals surface area (Å²) in [6.07, 6.45) is 6.23. The van der Waals surface area contributed by atoms with E-state index in [2.05, 4.69) is 20.5 Å². The molecule has 1 unspecified atom stereocenters. The van der Waals surface area contributed by atoms with E-state index in [-0.39, 0.29) is 24.0 Å². The van der Waals surface area contributed by atoms with Gasteiger partial charge in [-0.25, -0.2) is 0 Å². The van der Waals surface area contributed by atoms with E-state index in [0.29, 0.717) is 5.92 Å². The van der Waals surface area contributed by atoms with E-state index in [1.165, 1.54) is 32.4 Å². The third-order valence-electron chi connectivity index (χ3n) is 4.53. The smallest absolute Gasteiger partial charge is 0.191 e. The van der Waals surface area contributed by atoms with E-state index in [4.69, 9.17) is 9.47 Å². The molecule has 7 heteroatoms. The minimum atomic E-state index is 0. The van der Waals surface area contributed by atoms with E-state index in [0.717, 1.165) is 64.9 Å². The summed E-state index contributed by atoms with van der Waals surface area (Å²) in [5.74, 6) is 1.50. The highest BCUT2D eigenvalue weighted by atomic mass is 127. The van der Waals surface area contributed by atoms with E-state index >= 15 is 0 Å². The zero-order valence-electron chi connectivity index (χ0n) is 15.1. The monoisotopic (exact) mass is 454 g/mol. The van der Waals surface area contributed by atoms with Crippen LogP contribution < -0.4 is 10.6 Å². The molecule has 142 valence electrons. The Morgan fingerprint density at radius 3 is 2.71 bits per heavy atom. The quantitative estimate of drug-likeness (QED) is 0.241. The zero-order valence-corrected chi connectivity index (χ0v) is 17.4. The van der Waals surface area contributed by atoms with Gasteiger partial charge in [-0.3, -0.25) is 4.99 Å². The van der Waals surface area contributed by atoms with Crippen molar-refractivity contribution in [3.8, 4) is 0 Å². The molecule has 0 aromatic rings. The normalized spacial score (nSPS) is 22.2. The van der Waals surface area contributed by atoms with Gasteiger partial charge in [0.15, 0.2) is 5.96 Å². The van der Waals surface area contributed by atoms with Crippen LogP contribution >= 0.6 is 24.0 Å². The third kappa shape index (κ3) is 9.39. The number of ether oxygens (including phenoxy) is 2. The SMILES string of the molecule is CN=C(NCCCOCC1CCOC1)NCCN1CCCCC1.I. The lowest BCUT2D eigenvalue weighted by Gasteiger charge is -2.26. The van der Waals surface area contributed by atoms with Gasteiger partial charge in [0.2, 0.25) is 0 Å². The lowest BCUT2D eigenvalue weighted by molar-refractivity contribution is 0.0888. The maximum atomic E-state index is 5.71. The van der Waals surface area contributed by atoms with Gasteiger partial charge in [-0.2, -0.15) is 0 Å². The first-order valence-electron chi connectivity index (χ1n) is 9.21. The van der Waals surface area contributed by atoms with Gasteiger partial charge in [-0.15, -0.1) is 24.0 Å². The molecule has 24 heavy (non-hydrogen) atoms. The number of hydrogen-bond acceptors (Lipinski definition) is 4. The predicted molar refractivity (Wildman–Crippen MR) is 109 cm³/mol. The second-order valence-corrected chi connectivity index (χ2v) is 6.49. The van der Waals surface area contributed by atoms with Crippen molar-refractivity contribution in [1.29, 1.82) is 0 Å². The Morgan fingerprint density at radius 2 is 2.00 bits per heavy atom. The first-order valence-corrected chi connectivity index (χ1v) is 9.21. The van der Waals surface area contributed by atoms with Gasteiger partial charge < -0.3 is 25.0 Å². The molecule has 0 amide bonds. The maximum absolute atomic E-state index is 5.71. The molecule has 0 bridgehead atoms. The molecule has 2 aliphatic rings. The van der Waals surface area contributed by atoms with Crippen LogP contribution in [0.2, 0.25) is 0 Å². The molecule has 2 N–H and O–H groups in total. The van der Waals surface area contributed by atoms with E-state index in [1.807, 2.05) is 7.05 Å². The van der Waals surface area contributed by atoms with Gasteiger partial charge in [0.1, 0.15) is 0 Å². The molecular weight excluding hydrogens is 419 g/mol. The van der Waals surface area contributed by atoms with Gasteiger partial charge in [0.05, 0.1) is 13.2 Å². The Bertz CT molecular complexity index is 333. The number of halogens is 1. The number of rotatable bonds is 9. The number of piperidine rings is 1. The van der Waals surface area contributed by atoms with Crippen LogP contribution in [0.15, 0.2) is 4.99 Å². The van der Waals surface area contributed by atoms with Crippen LogP contribution in [0.1, 0.15) is 32.1 Å². The summed E-state index contributed by atoms with van der Waals surface area (Å²) in [6, 6.07) is 0. The number of aliphatic imine (C=N–C) groups is 1. The van der Waals surface area contributed by atoms with Crippen LogP contribution in [0.25, 0.3) is 0 Å². The molecular formula is C17H35IN4O2. The lowest BCUT2D eigenvalue weighted by Crippen LogP contribution is -2.43. The molecule has 2 saturated heterocycles. The summed E-state index contributed by atoms with van der Waals surface area (Å²) < 4.78 is 11.0. The minimum absolute atomic E-state index is 0. The third-order valence-corrected chi connectivity index (χ3v) is 4.53. The van der Waals surface area contributed by atoms with Crippen LogP contribution in [0.3, 0.4) is 0 Å². The van der Waals surface area contributed by atoms with Crippen molar-refractivity contribution >= 4 is 29.9 Å². The average Bonchev–Trinajstić information content (AvgIpc) is 3.10. The molecule has 0 saturated carbocycles. The molecule has 0 aromatic carbocycles. The topological polar surface area (TPSA) is 58.1 Å². The van der Waals surface area contributed by atoms with Crippen LogP contribution in [0, 0.1) is 5.92 Å². The lowest BCUT2D eigenvalue weighted by atomic mass is 10.1. The maximum Gasteiger partial charge on any atom is 0.191 e. The van der Waals surface area contributed by atoms with E-state index in [1.54, 1.807) is 0 Å². The largest absolute Gasteiger partial charge is 0.381 e. The molecule has 0 aliphatic carbocycles. The Labute approximate surface area is 164 Å². The molecule has 2 aliphatic heterocycles. The average molecular weight is 454 g/mol. The standard InChI is InChI=1S/C17H34N4O2.HI/c1-18-17(20-8-11-21-9-3-2-4-10-21)19-7-5-12-22-14-16-6-13-23-15-16;/h16H,2-15H2,1H3,(H2,18,19,20);1H. The van der Waals surface area contributed by atoms with Crippen LogP contribution in [0.4, 0.5) is 0 Å².